The Kier molecular flexibility index (Phi) is 5.83. The smallest absolute Gasteiger partial charge is 0.274 e. The molecule has 1 unspecified atom stereocenters. The standard InChI is InChI=1S/C26H28N4O4/c1-28-16-24(32)29-14-19(5-4-8-23(28)31)25-20-6-2-3-7-21(20)30(22(25)15-29)13-17-9-11-18(12-10-17)26(33)27-34/h2-3,6-7,9-12,19,34H,4-5,8,13-16H2,1H3,(H,27,33). The molecule has 1 aromatic heterocycles. The van der Waals surface area contributed by atoms with Gasteiger partial charge in [0.25, 0.3) is 5.91 Å². The van der Waals surface area contributed by atoms with Gasteiger partial charge in [-0.3, -0.25) is 19.6 Å². The summed E-state index contributed by atoms with van der Waals surface area (Å²) >= 11 is 0. The number of para-hydroxylation sites is 1. The number of carbonyl (C=O) groups excluding carboxylic acids is 3. The number of benzene rings is 2. The highest BCUT2D eigenvalue weighted by Gasteiger charge is 2.34. The molecule has 1 saturated heterocycles. The molecule has 3 heterocycles. The average Bonchev–Trinajstić information content (AvgIpc) is 3.17. The van der Waals surface area contributed by atoms with Gasteiger partial charge in [0.15, 0.2) is 0 Å². The van der Waals surface area contributed by atoms with Crippen LogP contribution < -0.4 is 5.48 Å². The summed E-state index contributed by atoms with van der Waals surface area (Å²) in [5, 5.41) is 10.1. The molecule has 0 aliphatic carbocycles. The van der Waals surface area contributed by atoms with Crippen molar-refractivity contribution in [3.63, 3.8) is 0 Å². The van der Waals surface area contributed by atoms with E-state index < -0.39 is 5.91 Å². The van der Waals surface area contributed by atoms with Crippen molar-refractivity contribution < 1.29 is 19.6 Å². The van der Waals surface area contributed by atoms with Crippen LogP contribution in [0.4, 0.5) is 0 Å². The number of fused-ring (bicyclic) bond motifs is 6. The zero-order chi connectivity index (χ0) is 23.8. The van der Waals surface area contributed by atoms with E-state index in [4.69, 9.17) is 5.21 Å². The van der Waals surface area contributed by atoms with Crippen LogP contribution in [0.2, 0.25) is 0 Å². The van der Waals surface area contributed by atoms with Crippen molar-refractivity contribution in [2.75, 3.05) is 20.1 Å². The summed E-state index contributed by atoms with van der Waals surface area (Å²) in [6.07, 6.45) is 2.11. The van der Waals surface area contributed by atoms with Gasteiger partial charge in [0.05, 0.1) is 13.1 Å². The van der Waals surface area contributed by atoms with E-state index in [1.165, 1.54) is 15.8 Å². The molecule has 176 valence electrons. The first kappa shape index (κ1) is 22.2. The maximum absolute atomic E-state index is 13.1. The van der Waals surface area contributed by atoms with Gasteiger partial charge in [0.1, 0.15) is 0 Å². The zero-order valence-corrected chi connectivity index (χ0v) is 19.2. The normalized spacial score (nSPS) is 18.7. The number of nitrogens with one attached hydrogen (secondary N) is 1. The lowest BCUT2D eigenvalue weighted by molar-refractivity contribution is -0.140. The summed E-state index contributed by atoms with van der Waals surface area (Å²) in [6, 6.07) is 15.5. The first-order valence-corrected chi connectivity index (χ1v) is 11.6. The predicted octanol–water partition coefficient (Wildman–Crippen LogP) is 2.88. The maximum atomic E-state index is 13.1. The zero-order valence-electron chi connectivity index (χ0n) is 19.2. The van der Waals surface area contributed by atoms with Crippen molar-refractivity contribution >= 4 is 28.6 Å². The number of carbonyl (C=O) groups is 3. The van der Waals surface area contributed by atoms with E-state index in [1.54, 1.807) is 24.7 Å². The van der Waals surface area contributed by atoms with Crippen molar-refractivity contribution in [3.05, 3.63) is 70.9 Å². The molecule has 2 N–H and O–H groups in total. The number of aromatic nitrogens is 1. The lowest BCUT2D eigenvalue weighted by atomic mass is 9.87. The number of likely N-dealkylation sites (N-methyl/N-ethyl adjacent to an activating group) is 1. The Bertz CT molecular complexity index is 1260. The Morgan fingerprint density at radius 3 is 2.59 bits per heavy atom. The van der Waals surface area contributed by atoms with Gasteiger partial charge < -0.3 is 14.4 Å². The number of hydroxylamine groups is 1. The molecular weight excluding hydrogens is 432 g/mol. The number of hydrogen-bond donors (Lipinski definition) is 2. The molecule has 1 fully saturated rings. The first-order chi connectivity index (χ1) is 16.5. The van der Waals surface area contributed by atoms with Crippen LogP contribution in [0.1, 0.15) is 52.4 Å². The minimum Gasteiger partial charge on any atom is -0.338 e. The molecule has 2 aliphatic heterocycles. The van der Waals surface area contributed by atoms with E-state index in [-0.39, 0.29) is 24.3 Å². The molecule has 34 heavy (non-hydrogen) atoms. The van der Waals surface area contributed by atoms with Crippen LogP contribution in [0.3, 0.4) is 0 Å². The molecule has 2 bridgehead atoms. The van der Waals surface area contributed by atoms with E-state index in [0.717, 1.165) is 29.6 Å². The highest BCUT2D eigenvalue weighted by molar-refractivity contribution is 5.93. The largest absolute Gasteiger partial charge is 0.338 e. The van der Waals surface area contributed by atoms with Crippen molar-refractivity contribution in [2.24, 2.45) is 0 Å². The van der Waals surface area contributed by atoms with E-state index in [1.807, 2.05) is 29.2 Å². The topological polar surface area (TPSA) is 94.9 Å². The van der Waals surface area contributed by atoms with E-state index in [9.17, 15) is 14.4 Å². The van der Waals surface area contributed by atoms with Crippen LogP contribution in [0, 0.1) is 0 Å². The highest BCUT2D eigenvalue weighted by atomic mass is 16.5. The maximum Gasteiger partial charge on any atom is 0.274 e. The molecule has 2 aromatic carbocycles. The van der Waals surface area contributed by atoms with Gasteiger partial charge in [-0.25, -0.2) is 5.48 Å². The van der Waals surface area contributed by atoms with Gasteiger partial charge in [0.2, 0.25) is 11.8 Å². The van der Waals surface area contributed by atoms with Crippen LogP contribution >= 0.6 is 0 Å². The Balaban J connectivity index is 1.56. The molecule has 0 spiro atoms. The van der Waals surface area contributed by atoms with Crippen LogP contribution in [-0.4, -0.2) is 57.4 Å². The van der Waals surface area contributed by atoms with Crippen molar-refractivity contribution in [1.29, 1.82) is 0 Å². The SMILES string of the molecule is CN1CC(=O)N2Cc3c(c4ccccc4n3Cc3ccc(C(=O)NO)cc3)C(CCCC1=O)C2. The van der Waals surface area contributed by atoms with Gasteiger partial charge in [-0.1, -0.05) is 30.3 Å². The number of nitrogens with zero attached hydrogens (tertiary/aromatic N) is 3. The lowest BCUT2D eigenvalue weighted by Gasteiger charge is -2.36. The van der Waals surface area contributed by atoms with Crippen LogP contribution in [0.5, 0.6) is 0 Å². The first-order valence-electron chi connectivity index (χ1n) is 11.6. The van der Waals surface area contributed by atoms with Crippen molar-refractivity contribution in [3.8, 4) is 0 Å². The molecule has 8 nitrogen and oxygen atoms in total. The summed E-state index contributed by atoms with van der Waals surface area (Å²) in [4.78, 5) is 40.6. The van der Waals surface area contributed by atoms with E-state index in [2.05, 4.69) is 16.7 Å². The van der Waals surface area contributed by atoms with Gasteiger partial charge >= 0.3 is 0 Å². The molecule has 0 saturated carbocycles. The molecule has 8 heteroatoms. The van der Waals surface area contributed by atoms with Gasteiger partial charge in [-0.05, 0) is 42.2 Å². The number of hydrogen-bond acceptors (Lipinski definition) is 4. The minimum atomic E-state index is -0.544. The molecule has 1 atom stereocenters. The monoisotopic (exact) mass is 460 g/mol. The second-order valence-corrected chi connectivity index (χ2v) is 9.21. The Hall–Kier alpha value is -3.65. The minimum absolute atomic E-state index is 0.0235. The third kappa shape index (κ3) is 3.94. The fourth-order valence-corrected chi connectivity index (χ4v) is 5.31. The van der Waals surface area contributed by atoms with Crippen LogP contribution in [0.25, 0.3) is 10.9 Å². The third-order valence-electron chi connectivity index (χ3n) is 7.06. The Morgan fingerprint density at radius 2 is 1.82 bits per heavy atom. The fourth-order valence-electron chi connectivity index (χ4n) is 5.31. The quantitative estimate of drug-likeness (QED) is 0.464. The molecule has 3 aromatic rings. The molecule has 5 rings (SSSR count). The number of rotatable bonds is 3. The summed E-state index contributed by atoms with van der Waals surface area (Å²) in [5.41, 5.74) is 6.60. The molecule has 0 radical (unpaired) electrons. The van der Waals surface area contributed by atoms with Crippen LogP contribution in [0.15, 0.2) is 48.5 Å². The Morgan fingerprint density at radius 1 is 1.06 bits per heavy atom. The second-order valence-electron chi connectivity index (χ2n) is 9.21. The summed E-state index contributed by atoms with van der Waals surface area (Å²) < 4.78 is 2.28. The van der Waals surface area contributed by atoms with Crippen molar-refractivity contribution in [1.82, 2.24) is 19.8 Å². The summed E-state index contributed by atoms with van der Waals surface area (Å²) in [7, 11) is 1.70. The van der Waals surface area contributed by atoms with Gasteiger partial charge in [0, 0.05) is 54.6 Å². The van der Waals surface area contributed by atoms with Gasteiger partial charge in [-0.2, -0.15) is 0 Å². The highest BCUT2D eigenvalue weighted by Crippen LogP contribution is 2.40. The Labute approximate surface area is 197 Å². The third-order valence-corrected chi connectivity index (χ3v) is 7.06. The van der Waals surface area contributed by atoms with Crippen LogP contribution in [-0.2, 0) is 22.7 Å². The molecular formula is C26H28N4O4. The van der Waals surface area contributed by atoms with E-state index in [0.29, 0.717) is 31.6 Å². The fraction of sp³-hybridized carbons (Fsp3) is 0.346. The van der Waals surface area contributed by atoms with Crippen molar-refractivity contribution in [2.45, 2.75) is 38.3 Å². The summed E-state index contributed by atoms with van der Waals surface area (Å²) in [6.45, 7) is 1.89. The second kappa shape index (κ2) is 8.95. The average molecular weight is 461 g/mol. The van der Waals surface area contributed by atoms with Gasteiger partial charge in [-0.15, -0.1) is 0 Å². The summed E-state index contributed by atoms with van der Waals surface area (Å²) in [5.74, 6) is -0.358. The number of amides is 3. The van der Waals surface area contributed by atoms with E-state index >= 15 is 0 Å². The molecule has 2 aliphatic rings. The lowest BCUT2D eigenvalue weighted by Crippen LogP contribution is -2.45. The molecule has 3 amide bonds. The predicted molar refractivity (Wildman–Crippen MR) is 126 cm³/mol.